The average Bonchev–Trinajstić information content (AvgIpc) is 3.23. The van der Waals surface area contributed by atoms with Gasteiger partial charge in [0, 0.05) is 20.0 Å². The first-order chi connectivity index (χ1) is 35.5. The van der Waals surface area contributed by atoms with Gasteiger partial charge in [0.2, 0.25) is 6.29 Å². The summed E-state index contributed by atoms with van der Waals surface area (Å²) in [4.78, 5) is 79.9. The Bertz CT molecular complexity index is 2040. The quantitative estimate of drug-likeness (QED) is 0.0656. The highest BCUT2D eigenvalue weighted by Crippen LogP contribution is 2.35. The zero-order valence-electron chi connectivity index (χ0n) is 48.7. The van der Waals surface area contributed by atoms with Crippen molar-refractivity contribution in [3.63, 3.8) is 0 Å². The van der Waals surface area contributed by atoms with Crippen molar-refractivity contribution in [2.45, 2.75) is 250 Å². The number of hydrogen-bond acceptors (Lipinski definition) is 21. The fourth-order valence-corrected chi connectivity index (χ4v) is 8.45. The standard InChI is InChI=1S/C52H92N6O20/c1-47(2,3)74-34(61)20-18-19-28(59)24-53-25-29-21-22-30(56-44(66)76-49(7,8)9)41(71-29)72-38-32(57-45(67)77-50(10,11)12)23-31(55-40(64)33(60)26-54-43(65)75-48(4,5)6)37(35(38)62)73-42-36(63)39(52(16,69)27-70-42)58(17)46(68)78-51(13,14)15/h21,28,30-33,35-39,41-42,53,59-60,62-63,69H,18-20,22-27H2,1-17H3,(H,54,65)(H,55,64)(H,56,66)(H,57,67)/t28?,30-,31-,32+,33+,35-,36-,37+,38-,39-,41-,42-,52+/m1/s1. The molecule has 13 atom stereocenters. The number of nitrogens with one attached hydrogen (secondary N) is 5. The highest BCUT2D eigenvalue weighted by atomic mass is 16.7. The predicted molar refractivity (Wildman–Crippen MR) is 279 cm³/mol. The Hall–Kier alpha value is -4.80. The smallest absolute Gasteiger partial charge is 0.410 e. The van der Waals surface area contributed by atoms with Gasteiger partial charge in [0.1, 0.15) is 69.9 Å². The topological polar surface area (TPSA) is 350 Å². The van der Waals surface area contributed by atoms with Crippen LogP contribution in [0.3, 0.4) is 0 Å². The molecule has 78 heavy (non-hydrogen) atoms. The van der Waals surface area contributed by atoms with E-state index in [1.807, 2.05) is 0 Å². The molecule has 1 saturated carbocycles. The molecule has 0 bridgehead atoms. The Morgan fingerprint density at radius 1 is 0.692 bits per heavy atom. The minimum absolute atomic E-state index is 0.0273. The molecular weight excluding hydrogens is 1030 g/mol. The van der Waals surface area contributed by atoms with Crippen LogP contribution >= 0.6 is 0 Å². The fraction of sp³-hybridized carbons (Fsp3) is 0.846. The molecule has 2 fully saturated rings. The van der Waals surface area contributed by atoms with E-state index in [0.717, 1.165) is 4.90 Å². The van der Waals surface area contributed by atoms with Gasteiger partial charge in [-0.15, -0.1) is 0 Å². The molecule has 26 nitrogen and oxygen atoms in total. The molecule has 0 aromatic heterocycles. The van der Waals surface area contributed by atoms with E-state index in [9.17, 15) is 54.3 Å². The predicted octanol–water partition coefficient (Wildman–Crippen LogP) is 2.47. The molecule has 2 aliphatic heterocycles. The lowest BCUT2D eigenvalue weighted by molar-refractivity contribution is -0.311. The van der Waals surface area contributed by atoms with Crippen LogP contribution in [-0.2, 0) is 52.2 Å². The van der Waals surface area contributed by atoms with E-state index in [2.05, 4.69) is 26.6 Å². The van der Waals surface area contributed by atoms with Crippen molar-refractivity contribution in [1.29, 1.82) is 0 Å². The van der Waals surface area contributed by atoms with Crippen LogP contribution in [0.5, 0.6) is 0 Å². The molecule has 3 aliphatic rings. The van der Waals surface area contributed by atoms with Gasteiger partial charge in [-0.2, -0.15) is 0 Å². The summed E-state index contributed by atoms with van der Waals surface area (Å²) in [5, 5.41) is 71.4. The van der Waals surface area contributed by atoms with Crippen molar-refractivity contribution in [2.75, 3.05) is 33.3 Å². The summed E-state index contributed by atoms with van der Waals surface area (Å²) >= 11 is 0. The lowest BCUT2D eigenvalue weighted by Crippen LogP contribution is -2.71. The van der Waals surface area contributed by atoms with Gasteiger partial charge >= 0.3 is 30.3 Å². The second-order valence-corrected chi connectivity index (χ2v) is 25.2. The number of nitrogens with zero attached hydrogens (tertiary/aromatic N) is 1. The molecule has 0 radical (unpaired) electrons. The highest BCUT2D eigenvalue weighted by Gasteiger charge is 2.55. The maximum absolute atomic E-state index is 13.9. The van der Waals surface area contributed by atoms with Crippen molar-refractivity contribution in [1.82, 2.24) is 31.5 Å². The summed E-state index contributed by atoms with van der Waals surface area (Å²) in [5.41, 5.74) is -6.40. The van der Waals surface area contributed by atoms with Crippen LogP contribution in [-0.4, -0.2) is 207 Å². The van der Waals surface area contributed by atoms with Crippen LogP contribution in [0.25, 0.3) is 0 Å². The molecule has 2 heterocycles. The number of hydrogen-bond donors (Lipinski definition) is 10. The molecule has 450 valence electrons. The van der Waals surface area contributed by atoms with Gasteiger partial charge in [-0.3, -0.25) is 9.59 Å². The summed E-state index contributed by atoms with van der Waals surface area (Å²) in [6.07, 6.45) is -14.7. The third kappa shape index (κ3) is 23.5. The van der Waals surface area contributed by atoms with Crippen LogP contribution in [0, 0.1) is 0 Å². The summed E-state index contributed by atoms with van der Waals surface area (Å²) in [7, 11) is 1.29. The van der Waals surface area contributed by atoms with Crippen LogP contribution in [0.1, 0.15) is 143 Å². The first-order valence-electron chi connectivity index (χ1n) is 26.4. The van der Waals surface area contributed by atoms with Gasteiger partial charge in [0.15, 0.2) is 6.29 Å². The van der Waals surface area contributed by atoms with Gasteiger partial charge in [-0.25, -0.2) is 19.2 Å². The van der Waals surface area contributed by atoms with E-state index < -0.39 is 150 Å². The number of ether oxygens (including phenoxy) is 9. The molecule has 1 unspecified atom stereocenters. The number of alkyl carbamates (subject to hydrolysis) is 3. The van der Waals surface area contributed by atoms with E-state index >= 15 is 0 Å². The second kappa shape index (κ2) is 27.6. The van der Waals surface area contributed by atoms with Crippen LogP contribution < -0.4 is 26.6 Å². The monoisotopic (exact) mass is 1120 g/mol. The average molecular weight is 1120 g/mol. The molecular formula is C52H92N6O20. The van der Waals surface area contributed by atoms with Crippen molar-refractivity contribution < 1.29 is 96.9 Å². The Balaban J connectivity index is 2.08. The number of rotatable bonds is 19. The zero-order chi connectivity index (χ0) is 59.5. The van der Waals surface area contributed by atoms with Gasteiger partial charge in [0.05, 0.1) is 50.0 Å². The van der Waals surface area contributed by atoms with E-state index in [-0.39, 0.29) is 50.5 Å². The Kier molecular flexibility index (Phi) is 23.9. The summed E-state index contributed by atoms with van der Waals surface area (Å²) in [5.74, 6) is -1.19. The number of esters is 1. The summed E-state index contributed by atoms with van der Waals surface area (Å²) in [6.45, 7) is 25.1. The maximum Gasteiger partial charge on any atom is 0.410 e. The second-order valence-electron chi connectivity index (χ2n) is 25.2. The summed E-state index contributed by atoms with van der Waals surface area (Å²) < 4.78 is 52.5. The summed E-state index contributed by atoms with van der Waals surface area (Å²) in [6, 6.07) is -5.23. The number of carbonyl (C=O) groups is 6. The molecule has 1 saturated heterocycles. The van der Waals surface area contributed by atoms with Crippen molar-refractivity contribution in [2.24, 2.45) is 0 Å². The van der Waals surface area contributed by atoms with E-state index in [1.54, 1.807) is 110 Å². The first kappa shape index (κ1) is 67.5. The lowest BCUT2D eigenvalue weighted by Gasteiger charge is -2.50. The normalized spacial score (nSPS) is 27.8. The van der Waals surface area contributed by atoms with Gasteiger partial charge in [-0.1, -0.05) is 0 Å². The lowest BCUT2D eigenvalue weighted by atomic mass is 9.82. The molecule has 26 heteroatoms. The first-order valence-corrected chi connectivity index (χ1v) is 26.4. The largest absolute Gasteiger partial charge is 0.466 e. The SMILES string of the molecule is CN(C(=O)OC(C)(C)C)[C@@H]1[C@@H](O)[C@@H](O[C@@H]2[C@@H](O)[C@H](O[C@H]3OC(CNCC(O)CCCC(=O)OC(C)(C)C)=CC[C@H]3NC(=O)OC(C)(C)C)[C@@H](NC(=O)OC(C)(C)C)C[C@H]2NC(=O)[C@@H](O)CNC(=O)OC(C)(C)C)OC[C@]1(C)O. The molecule has 0 aromatic carbocycles. The van der Waals surface area contributed by atoms with Gasteiger partial charge in [-0.05, 0) is 143 Å². The molecule has 3 rings (SSSR count). The van der Waals surface area contributed by atoms with Gasteiger partial charge < -0.3 is 99.6 Å². The number of carbonyl (C=O) groups excluding carboxylic acids is 6. The maximum atomic E-state index is 13.9. The molecule has 0 aromatic rings. The molecule has 5 amide bonds. The minimum atomic E-state index is -1.96. The van der Waals surface area contributed by atoms with E-state index in [1.165, 1.54) is 14.0 Å². The van der Waals surface area contributed by atoms with Crippen molar-refractivity contribution >= 4 is 36.2 Å². The fourth-order valence-electron chi connectivity index (χ4n) is 8.45. The van der Waals surface area contributed by atoms with E-state index in [4.69, 9.17) is 42.6 Å². The van der Waals surface area contributed by atoms with E-state index in [0.29, 0.717) is 6.42 Å². The molecule has 10 N–H and O–H groups in total. The Morgan fingerprint density at radius 2 is 1.19 bits per heavy atom. The highest BCUT2D eigenvalue weighted by molar-refractivity contribution is 5.82. The Labute approximate surface area is 458 Å². The Morgan fingerprint density at radius 3 is 1.73 bits per heavy atom. The number of aliphatic hydroxyl groups is 5. The number of amides is 5. The van der Waals surface area contributed by atoms with Crippen molar-refractivity contribution in [3.05, 3.63) is 11.8 Å². The third-order valence-corrected chi connectivity index (χ3v) is 11.5. The van der Waals surface area contributed by atoms with Crippen LogP contribution in [0.2, 0.25) is 0 Å². The zero-order valence-corrected chi connectivity index (χ0v) is 48.7. The van der Waals surface area contributed by atoms with Gasteiger partial charge in [0.25, 0.3) is 5.91 Å². The van der Waals surface area contributed by atoms with Crippen LogP contribution in [0.15, 0.2) is 11.8 Å². The molecule has 0 spiro atoms. The number of aliphatic hydroxyl groups excluding tert-OH is 4. The third-order valence-electron chi connectivity index (χ3n) is 11.5. The van der Waals surface area contributed by atoms with Crippen LogP contribution in [0.4, 0.5) is 19.2 Å². The van der Waals surface area contributed by atoms with Crippen molar-refractivity contribution in [3.8, 4) is 0 Å². The number of likely N-dealkylation sites (N-methyl/N-ethyl adjacent to an activating group) is 1. The minimum Gasteiger partial charge on any atom is -0.466 e. The molecule has 1 aliphatic carbocycles.